The lowest BCUT2D eigenvalue weighted by atomic mass is 10.0. The van der Waals surface area contributed by atoms with Gasteiger partial charge in [-0.3, -0.25) is 0 Å². The van der Waals surface area contributed by atoms with E-state index in [1.807, 2.05) is 0 Å². The van der Waals surface area contributed by atoms with E-state index in [-0.39, 0.29) is 0 Å². The van der Waals surface area contributed by atoms with Crippen LogP contribution in [0.15, 0.2) is 0 Å². The topological polar surface area (TPSA) is 17.8 Å². The average molecular weight is 188 g/mol. The first-order valence-electron chi connectivity index (χ1n) is 5.31. The molecule has 1 heterocycles. The Balaban J connectivity index is 2.29. The number of aryl methyl sites for hydroxylation is 2. The quantitative estimate of drug-likeness (QED) is 0.650. The molecule has 0 unspecified atom stereocenters. The smallest absolute Gasteiger partial charge is 0.106 e. The Morgan fingerprint density at radius 1 is 1.43 bits per heavy atom. The number of fused-ring (bicyclic) bond motifs is 1. The monoisotopic (exact) mass is 188 g/mol. The van der Waals surface area contributed by atoms with E-state index in [0.717, 1.165) is 25.2 Å². The first kappa shape index (κ1) is 9.33. The van der Waals surface area contributed by atoms with E-state index < -0.39 is 0 Å². The molecule has 1 aliphatic rings. The molecule has 0 atom stereocenters. The summed E-state index contributed by atoms with van der Waals surface area (Å²) in [6.07, 6.45) is 11.0. The molecule has 0 aliphatic heterocycles. The number of hydrogen-bond acceptors (Lipinski definition) is 1. The average Bonchev–Trinajstić information content (AvgIpc) is 2.51. The van der Waals surface area contributed by atoms with Gasteiger partial charge >= 0.3 is 0 Å². The highest BCUT2D eigenvalue weighted by Crippen LogP contribution is 2.22. The van der Waals surface area contributed by atoms with Gasteiger partial charge in [0, 0.05) is 18.7 Å². The van der Waals surface area contributed by atoms with Crippen molar-refractivity contribution in [3.8, 4) is 12.3 Å². The molecular formula is C12H16N2. The van der Waals surface area contributed by atoms with E-state index in [2.05, 4.69) is 22.4 Å². The van der Waals surface area contributed by atoms with E-state index in [1.54, 1.807) is 0 Å². The van der Waals surface area contributed by atoms with Crippen LogP contribution < -0.4 is 0 Å². The van der Waals surface area contributed by atoms with Crippen LogP contribution in [-0.4, -0.2) is 9.55 Å². The summed E-state index contributed by atoms with van der Waals surface area (Å²) in [7, 11) is 0. The summed E-state index contributed by atoms with van der Waals surface area (Å²) in [4.78, 5) is 4.60. The number of hydrogen-bond donors (Lipinski definition) is 0. The van der Waals surface area contributed by atoms with Gasteiger partial charge in [0.25, 0.3) is 0 Å². The standard InChI is InChI=1S/C12H16N2/c1-3-4-9-14-10(2)13-11-7-5-6-8-12(11)14/h1H,4-9H2,2H3. The SMILES string of the molecule is C#CCCn1c(C)nc2c1CCCC2. The summed E-state index contributed by atoms with van der Waals surface area (Å²) in [6.45, 7) is 3.01. The molecule has 1 aromatic rings. The lowest BCUT2D eigenvalue weighted by molar-refractivity contribution is 0.603. The molecular weight excluding hydrogens is 172 g/mol. The summed E-state index contributed by atoms with van der Waals surface area (Å²) < 4.78 is 2.30. The first-order chi connectivity index (χ1) is 6.83. The molecule has 0 amide bonds. The highest BCUT2D eigenvalue weighted by atomic mass is 15.1. The van der Waals surface area contributed by atoms with Crippen molar-refractivity contribution in [2.75, 3.05) is 0 Å². The minimum atomic E-state index is 0.809. The minimum absolute atomic E-state index is 0.809. The fraction of sp³-hybridized carbons (Fsp3) is 0.583. The molecule has 0 spiro atoms. The van der Waals surface area contributed by atoms with Gasteiger partial charge in [0.2, 0.25) is 0 Å². The Labute approximate surface area is 85.3 Å². The molecule has 74 valence electrons. The zero-order chi connectivity index (χ0) is 9.97. The summed E-state index contributed by atoms with van der Waals surface area (Å²) in [6, 6.07) is 0. The molecule has 14 heavy (non-hydrogen) atoms. The number of rotatable bonds is 2. The Bertz CT molecular complexity index is 368. The van der Waals surface area contributed by atoms with Gasteiger partial charge in [0.15, 0.2) is 0 Å². The van der Waals surface area contributed by atoms with Crippen LogP contribution in [0.5, 0.6) is 0 Å². The predicted octanol–water partition coefficient (Wildman–Crippen LogP) is 2.09. The third-order valence-electron chi connectivity index (χ3n) is 2.90. The highest BCUT2D eigenvalue weighted by Gasteiger charge is 2.17. The minimum Gasteiger partial charge on any atom is -0.331 e. The van der Waals surface area contributed by atoms with Crippen molar-refractivity contribution in [2.24, 2.45) is 0 Å². The van der Waals surface area contributed by atoms with E-state index in [0.29, 0.717) is 0 Å². The molecule has 0 aromatic carbocycles. The molecule has 1 aliphatic carbocycles. The zero-order valence-electron chi connectivity index (χ0n) is 8.71. The fourth-order valence-corrected chi connectivity index (χ4v) is 2.21. The van der Waals surface area contributed by atoms with Crippen LogP contribution in [0.4, 0.5) is 0 Å². The van der Waals surface area contributed by atoms with Crippen molar-refractivity contribution in [1.29, 1.82) is 0 Å². The van der Waals surface area contributed by atoms with Crippen LogP contribution in [0.2, 0.25) is 0 Å². The summed E-state index contributed by atoms with van der Waals surface area (Å²) in [5, 5.41) is 0. The van der Waals surface area contributed by atoms with Crippen LogP contribution in [0, 0.1) is 19.3 Å². The number of nitrogens with zero attached hydrogens (tertiary/aromatic N) is 2. The maximum absolute atomic E-state index is 5.29. The van der Waals surface area contributed by atoms with Gasteiger partial charge in [-0.1, -0.05) is 0 Å². The predicted molar refractivity (Wildman–Crippen MR) is 57.1 cm³/mol. The van der Waals surface area contributed by atoms with Crippen molar-refractivity contribution >= 4 is 0 Å². The Morgan fingerprint density at radius 2 is 2.21 bits per heavy atom. The van der Waals surface area contributed by atoms with Crippen molar-refractivity contribution in [1.82, 2.24) is 9.55 Å². The lowest BCUT2D eigenvalue weighted by Gasteiger charge is -2.13. The van der Waals surface area contributed by atoms with Gasteiger partial charge < -0.3 is 4.57 Å². The van der Waals surface area contributed by atoms with Crippen molar-refractivity contribution < 1.29 is 0 Å². The molecule has 1 aromatic heterocycles. The molecule has 0 saturated heterocycles. The van der Waals surface area contributed by atoms with Crippen LogP contribution in [0.25, 0.3) is 0 Å². The Kier molecular flexibility index (Phi) is 2.58. The third-order valence-corrected chi connectivity index (χ3v) is 2.90. The molecule has 0 N–H and O–H groups in total. The number of aromatic nitrogens is 2. The number of terminal acetylenes is 1. The largest absolute Gasteiger partial charge is 0.331 e. The first-order valence-corrected chi connectivity index (χ1v) is 5.31. The summed E-state index contributed by atoms with van der Waals surface area (Å²) in [5.74, 6) is 3.82. The Hall–Kier alpha value is -1.23. The van der Waals surface area contributed by atoms with Crippen molar-refractivity contribution in [2.45, 2.75) is 45.6 Å². The van der Waals surface area contributed by atoms with E-state index >= 15 is 0 Å². The van der Waals surface area contributed by atoms with Crippen LogP contribution in [0.1, 0.15) is 36.5 Å². The van der Waals surface area contributed by atoms with Gasteiger partial charge in [0.05, 0.1) is 5.69 Å². The van der Waals surface area contributed by atoms with Crippen molar-refractivity contribution in [3.05, 3.63) is 17.2 Å². The molecule has 2 rings (SSSR count). The molecule has 0 bridgehead atoms. The summed E-state index contributed by atoms with van der Waals surface area (Å²) in [5.41, 5.74) is 2.75. The highest BCUT2D eigenvalue weighted by molar-refractivity contribution is 5.20. The van der Waals surface area contributed by atoms with E-state index in [4.69, 9.17) is 6.42 Å². The summed E-state index contributed by atoms with van der Waals surface area (Å²) >= 11 is 0. The second-order valence-electron chi connectivity index (χ2n) is 3.87. The Morgan fingerprint density at radius 3 is 3.00 bits per heavy atom. The second kappa shape index (κ2) is 3.88. The fourth-order valence-electron chi connectivity index (χ4n) is 2.21. The van der Waals surface area contributed by atoms with Gasteiger partial charge in [0.1, 0.15) is 5.82 Å². The van der Waals surface area contributed by atoms with Crippen LogP contribution in [0.3, 0.4) is 0 Å². The molecule has 0 fully saturated rings. The van der Waals surface area contributed by atoms with E-state index in [9.17, 15) is 0 Å². The molecule has 0 saturated carbocycles. The van der Waals surface area contributed by atoms with Gasteiger partial charge in [-0.2, -0.15) is 0 Å². The molecule has 0 radical (unpaired) electrons. The lowest BCUT2D eigenvalue weighted by Crippen LogP contribution is -2.09. The maximum Gasteiger partial charge on any atom is 0.106 e. The third kappa shape index (κ3) is 1.55. The maximum atomic E-state index is 5.29. The van der Waals surface area contributed by atoms with Gasteiger partial charge in [-0.25, -0.2) is 4.98 Å². The number of imidazole rings is 1. The van der Waals surface area contributed by atoms with Gasteiger partial charge in [-0.05, 0) is 32.6 Å². The second-order valence-corrected chi connectivity index (χ2v) is 3.87. The molecule has 2 nitrogen and oxygen atoms in total. The normalized spacial score (nSPS) is 14.9. The van der Waals surface area contributed by atoms with Crippen molar-refractivity contribution in [3.63, 3.8) is 0 Å². The van der Waals surface area contributed by atoms with Crippen LogP contribution in [-0.2, 0) is 19.4 Å². The van der Waals surface area contributed by atoms with E-state index in [1.165, 1.54) is 30.7 Å². The van der Waals surface area contributed by atoms with Gasteiger partial charge in [-0.15, -0.1) is 12.3 Å². The zero-order valence-corrected chi connectivity index (χ0v) is 8.71. The van der Waals surface area contributed by atoms with Crippen LogP contribution >= 0.6 is 0 Å². The molecule has 2 heteroatoms.